The molecule has 0 bridgehead atoms. The molecule has 4 heteroatoms. The van der Waals surface area contributed by atoms with E-state index in [1.165, 1.54) is 13.2 Å². The van der Waals surface area contributed by atoms with E-state index < -0.39 is 0 Å². The highest BCUT2D eigenvalue weighted by Crippen LogP contribution is 2.29. The van der Waals surface area contributed by atoms with Gasteiger partial charge in [-0.2, -0.15) is 0 Å². The molecule has 112 valence electrons. The number of nitrogens with one attached hydrogen (secondary N) is 1. The number of hydrogen-bond acceptors (Lipinski definition) is 2. The van der Waals surface area contributed by atoms with E-state index in [1.54, 1.807) is 12.1 Å². The zero-order chi connectivity index (χ0) is 15.4. The van der Waals surface area contributed by atoms with E-state index in [1.807, 2.05) is 26.0 Å². The van der Waals surface area contributed by atoms with Crippen molar-refractivity contribution in [3.63, 3.8) is 0 Å². The summed E-state index contributed by atoms with van der Waals surface area (Å²) in [5, 5.41) is 3.35. The van der Waals surface area contributed by atoms with Crippen LogP contribution in [-0.4, -0.2) is 13.7 Å². The van der Waals surface area contributed by atoms with Crippen molar-refractivity contribution < 1.29 is 9.13 Å². The standard InChI is InChI=1S/C17H19BrFNO/c1-4-20-17(12-7-11(2)8-13(18)9-12)15-6-5-14(21-3)10-16(15)19/h5-10,17,20H,4H2,1-3H3. The molecule has 1 unspecified atom stereocenters. The normalized spacial score (nSPS) is 12.2. The smallest absolute Gasteiger partial charge is 0.132 e. The van der Waals surface area contributed by atoms with Gasteiger partial charge < -0.3 is 10.1 Å². The van der Waals surface area contributed by atoms with Gasteiger partial charge in [-0.1, -0.05) is 35.0 Å². The zero-order valence-corrected chi connectivity index (χ0v) is 14.0. The fraction of sp³-hybridized carbons (Fsp3) is 0.294. The first-order valence-corrected chi connectivity index (χ1v) is 7.68. The van der Waals surface area contributed by atoms with Gasteiger partial charge in [0.15, 0.2) is 0 Å². The van der Waals surface area contributed by atoms with Crippen molar-refractivity contribution in [1.29, 1.82) is 0 Å². The Bertz CT molecular complexity index is 610. The topological polar surface area (TPSA) is 21.3 Å². The van der Waals surface area contributed by atoms with Crippen LogP contribution in [0.4, 0.5) is 4.39 Å². The minimum atomic E-state index is -0.266. The highest BCUT2D eigenvalue weighted by Gasteiger charge is 2.18. The second kappa shape index (κ2) is 7.05. The monoisotopic (exact) mass is 351 g/mol. The van der Waals surface area contributed by atoms with Gasteiger partial charge in [-0.25, -0.2) is 4.39 Å². The summed E-state index contributed by atoms with van der Waals surface area (Å²) < 4.78 is 20.4. The molecule has 0 aliphatic rings. The van der Waals surface area contributed by atoms with Crippen molar-refractivity contribution in [3.8, 4) is 5.75 Å². The van der Waals surface area contributed by atoms with Gasteiger partial charge in [0, 0.05) is 16.1 Å². The largest absolute Gasteiger partial charge is 0.497 e. The molecule has 2 aromatic rings. The third kappa shape index (κ3) is 3.83. The fourth-order valence-electron chi connectivity index (χ4n) is 2.41. The molecule has 0 radical (unpaired) electrons. The number of ether oxygens (including phenoxy) is 1. The van der Waals surface area contributed by atoms with E-state index >= 15 is 0 Å². The summed E-state index contributed by atoms with van der Waals surface area (Å²) in [4.78, 5) is 0. The van der Waals surface area contributed by atoms with Gasteiger partial charge in [0.25, 0.3) is 0 Å². The highest BCUT2D eigenvalue weighted by molar-refractivity contribution is 9.10. The maximum absolute atomic E-state index is 14.4. The zero-order valence-electron chi connectivity index (χ0n) is 12.4. The molecule has 0 aliphatic heterocycles. The molecule has 21 heavy (non-hydrogen) atoms. The van der Waals surface area contributed by atoms with Gasteiger partial charge >= 0.3 is 0 Å². The number of hydrogen-bond donors (Lipinski definition) is 1. The van der Waals surface area contributed by atoms with Crippen LogP contribution in [0.2, 0.25) is 0 Å². The van der Waals surface area contributed by atoms with Crippen LogP contribution in [0.3, 0.4) is 0 Å². The highest BCUT2D eigenvalue weighted by atomic mass is 79.9. The molecule has 0 spiro atoms. The maximum Gasteiger partial charge on any atom is 0.132 e. The third-order valence-electron chi connectivity index (χ3n) is 3.32. The van der Waals surface area contributed by atoms with Crippen molar-refractivity contribution in [1.82, 2.24) is 5.32 Å². The average molecular weight is 352 g/mol. The minimum Gasteiger partial charge on any atom is -0.497 e. The van der Waals surface area contributed by atoms with Crippen LogP contribution in [0.15, 0.2) is 40.9 Å². The van der Waals surface area contributed by atoms with Crippen molar-refractivity contribution in [2.24, 2.45) is 0 Å². The second-order valence-corrected chi connectivity index (χ2v) is 5.86. The molecular formula is C17H19BrFNO. The predicted molar refractivity (Wildman–Crippen MR) is 87.4 cm³/mol. The van der Waals surface area contributed by atoms with Crippen molar-refractivity contribution in [3.05, 3.63) is 63.4 Å². The van der Waals surface area contributed by atoms with Gasteiger partial charge in [-0.3, -0.25) is 0 Å². The van der Waals surface area contributed by atoms with Crippen LogP contribution in [0.25, 0.3) is 0 Å². The Morgan fingerprint density at radius 1 is 1.24 bits per heavy atom. The Morgan fingerprint density at radius 3 is 2.57 bits per heavy atom. The molecular weight excluding hydrogens is 333 g/mol. The molecule has 0 amide bonds. The molecule has 0 saturated heterocycles. The molecule has 0 heterocycles. The predicted octanol–water partition coefficient (Wildman–Crippen LogP) is 4.60. The van der Waals surface area contributed by atoms with Crippen molar-refractivity contribution in [2.75, 3.05) is 13.7 Å². The lowest BCUT2D eigenvalue weighted by Gasteiger charge is -2.21. The Kier molecular flexibility index (Phi) is 5.37. The molecule has 2 aromatic carbocycles. The third-order valence-corrected chi connectivity index (χ3v) is 3.78. The van der Waals surface area contributed by atoms with Crippen LogP contribution >= 0.6 is 15.9 Å². The number of methoxy groups -OCH3 is 1. The van der Waals surface area contributed by atoms with Crippen LogP contribution in [0, 0.1) is 12.7 Å². The Balaban J connectivity index is 2.47. The van der Waals surface area contributed by atoms with Crippen LogP contribution < -0.4 is 10.1 Å². The van der Waals surface area contributed by atoms with E-state index in [0.717, 1.165) is 22.1 Å². The quantitative estimate of drug-likeness (QED) is 0.849. The molecule has 1 atom stereocenters. The van der Waals surface area contributed by atoms with Crippen LogP contribution in [-0.2, 0) is 0 Å². The summed E-state index contributed by atoms with van der Waals surface area (Å²) in [6.45, 7) is 4.79. The first-order valence-electron chi connectivity index (χ1n) is 6.89. The summed E-state index contributed by atoms with van der Waals surface area (Å²) in [5.41, 5.74) is 2.79. The van der Waals surface area contributed by atoms with E-state index in [9.17, 15) is 4.39 Å². The average Bonchev–Trinajstić information content (AvgIpc) is 2.44. The van der Waals surface area contributed by atoms with Crippen molar-refractivity contribution in [2.45, 2.75) is 19.9 Å². The first kappa shape index (κ1) is 16.0. The van der Waals surface area contributed by atoms with Gasteiger partial charge in [-0.05, 0) is 42.8 Å². The lowest BCUT2D eigenvalue weighted by atomic mass is 9.96. The van der Waals surface area contributed by atoms with Gasteiger partial charge in [0.2, 0.25) is 0 Å². The van der Waals surface area contributed by atoms with E-state index in [-0.39, 0.29) is 11.9 Å². The molecule has 0 saturated carbocycles. The van der Waals surface area contributed by atoms with Crippen molar-refractivity contribution >= 4 is 15.9 Å². The summed E-state index contributed by atoms with van der Waals surface area (Å²) in [5.74, 6) is 0.259. The van der Waals surface area contributed by atoms with E-state index in [4.69, 9.17) is 4.74 Å². The lowest BCUT2D eigenvalue weighted by molar-refractivity contribution is 0.410. The summed E-state index contributed by atoms with van der Waals surface area (Å²) in [6.07, 6.45) is 0. The molecule has 0 aromatic heterocycles. The molecule has 0 aliphatic carbocycles. The molecule has 2 nitrogen and oxygen atoms in total. The van der Waals surface area contributed by atoms with Gasteiger partial charge in [0.05, 0.1) is 13.2 Å². The molecule has 0 fully saturated rings. The number of halogens is 2. The molecule has 2 rings (SSSR count). The number of benzene rings is 2. The fourth-order valence-corrected chi connectivity index (χ4v) is 3.04. The Hall–Kier alpha value is -1.39. The maximum atomic E-state index is 14.4. The Morgan fingerprint density at radius 2 is 2.00 bits per heavy atom. The van der Waals surface area contributed by atoms with Gasteiger partial charge in [-0.15, -0.1) is 0 Å². The summed E-state index contributed by atoms with van der Waals surface area (Å²) in [7, 11) is 1.54. The minimum absolute atomic E-state index is 0.183. The van der Waals surface area contributed by atoms with Crippen LogP contribution in [0.1, 0.15) is 29.7 Å². The van der Waals surface area contributed by atoms with Crippen LogP contribution in [0.5, 0.6) is 5.75 Å². The second-order valence-electron chi connectivity index (χ2n) is 4.94. The number of aryl methyl sites for hydroxylation is 1. The first-order chi connectivity index (χ1) is 10.0. The summed E-state index contributed by atoms with van der Waals surface area (Å²) >= 11 is 3.50. The summed E-state index contributed by atoms with van der Waals surface area (Å²) in [6, 6.07) is 10.9. The van der Waals surface area contributed by atoms with E-state index in [2.05, 4.69) is 27.3 Å². The molecule has 1 N–H and O–H groups in total. The SMILES string of the molecule is CCNC(c1cc(C)cc(Br)c1)c1ccc(OC)cc1F. The lowest BCUT2D eigenvalue weighted by Crippen LogP contribution is -2.23. The van der Waals surface area contributed by atoms with Gasteiger partial charge in [0.1, 0.15) is 11.6 Å². The number of rotatable bonds is 5. The van der Waals surface area contributed by atoms with E-state index in [0.29, 0.717) is 11.3 Å². The Labute approximate surface area is 133 Å².